The van der Waals surface area contributed by atoms with Crippen molar-refractivity contribution in [1.82, 2.24) is 5.32 Å². The number of ether oxygens (including phenoxy) is 1. The van der Waals surface area contributed by atoms with Gasteiger partial charge in [-0.1, -0.05) is 6.92 Å². The molecule has 0 radical (unpaired) electrons. The minimum absolute atomic E-state index is 0.0408. The Hall–Kier alpha value is -0.130. The van der Waals surface area contributed by atoms with Crippen LogP contribution in [0.5, 0.6) is 0 Å². The molecular weight excluding hydrogens is 214 g/mol. The molecule has 1 aliphatic rings. The van der Waals surface area contributed by atoms with Crippen molar-refractivity contribution in [2.24, 2.45) is 5.41 Å². The first kappa shape index (κ1) is 12.9. The lowest BCUT2D eigenvalue weighted by Gasteiger charge is -2.27. The van der Waals surface area contributed by atoms with Crippen LogP contribution in [-0.2, 0) is 14.6 Å². The maximum absolute atomic E-state index is 11.1. The van der Waals surface area contributed by atoms with Crippen molar-refractivity contribution in [3.05, 3.63) is 0 Å². The molecule has 1 heterocycles. The number of sulfone groups is 1. The Morgan fingerprint density at radius 1 is 1.47 bits per heavy atom. The summed E-state index contributed by atoms with van der Waals surface area (Å²) < 4.78 is 27.7. The van der Waals surface area contributed by atoms with Crippen LogP contribution in [0.25, 0.3) is 0 Å². The summed E-state index contributed by atoms with van der Waals surface area (Å²) in [6.07, 6.45) is 2.97. The topological polar surface area (TPSA) is 55.4 Å². The highest BCUT2D eigenvalue weighted by Gasteiger charge is 2.34. The Balaban J connectivity index is 2.50. The summed E-state index contributed by atoms with van der Waals surface area (Å²) in [4.78, 5) is 0. The van der Waals surface area contributed by atoms with Crippen LogP contribution in [0.15, 0.2) is 0 Å². The number of hydrogen-bond acceptors (Lipinski definition) is 4. The molecular formula is C10H21NO3S. The van der Waals surface area contributed by atoms with Gasteiger partial charge in [-0.3, -0.25) is 0 Å². The van der Waals surface area contributed by atoms with Gasteiger partial charge in [0.2, 0.25) is 0 Å². The van der Waals surface area contributed by atoms with E-state index in [-0.39, 0.29) is 11.2 Å². The molecule has 0 spiro atoms. The highest BCUT2D eigenvalue weighted by Crippen LogP contribution is 2.32. The second kappa shape index (κ2) is 5.27. The summed E-state index contributed by atoms with van der Waals surface area (Å²) >= 11 is 0. The van der Waals surface area contributed by atoms with E-state index in [1.807, 2.05) is 0 Å². The van der Waals surface area contributed by atoms with Crippen LogP contribution in [0.1, 0.15) is 19.8 Å². The van der Waals surface area contributed by atoms with Crippen molar-refractivity contribution in [2.45, 2.75) is 19.8 Å². The maximum atomic E-state index is 11.1. The second-order valence-electron chi connectivity index (χ2n) is 4.46. The zero-order valence-electron chi connectivity index (χ0n) is 9.58. The van der Waals surface area contributed by atoms with Gasteiger partial charge in [-0.25, -0.2) is 8.42 Å². The predicted octanol–water partition coefficient (Wildman–Crippen LogP) is 0.437. The van der Waals surface area contributed by atoms with Crippen molar-refractivity contribution in [3.63, 3.8) is 0 Å². The van der Waals surface area contributed by atoms with Gasteiger partial charge >= 0.3 is 0 Å². The number of rotatable bonds is 6. The van der Waals surface area contributed by atoms with Gasteiger partial charge in [0.1, 0.15) is 9.84 Å². The Morgan fingerprint density at radius 2 is 2.20 bits per heavy atom. The summed E-state index contributed by atoms with van der Waals surface area (Å²) in [5.41, 5.74) is 0.0408. The lowest BCUT2D eigenvalue weighted by molar-refractivity contribution is 0.148. The Labute approximate surface area is 92.3 Å². The number of nitrogens with one attached hydrogen (secondary N) is 1. The average molecular weight is 235 g/mol. The normalized spacial score (nSPS) is 27.1. The second-order valence-corrected chi connectivity index (χ2v) is 6.72. The van der Waals surface area contributed by atoms with E-state index in [0.717, 1.165) is 26.1 Å². The average Bonchev–Trinajstić information content (AvgIpc) is 2.60. The summed E-state index contributed by atoms with van der Waals surface area (Å²) in [6.45, 7) is 5.28. The molecule has 1 fully saturated rings. The Bertz CT molecular complexity index is 281. The standard InChI is InChI=1S/C10H21NO3S/c1-3-11-8-10(4-6-14-9-10)5-7-15(2,12)13/h11H,3-9H2,1-2H3. The van der Waals surface area contributed by atoms with Gasteiger partial charge < -0.3 is 10.1 Å². The molecule has 0 amide bonds. The van der Waals surface area contributed by atoms with Crippen LogP contribution in [0.4, 0.5) is 0 Å². The molecule has 0 aliphatic carbocycles. The van der Waals surface area contributed by atoms with Gasteiger partial charge in [0, 0.05) is 24.8 Å². The van der Waals surface area contributed by atoms with Crippen molar-refractivity contribution in [1.29, 1.82) is 0 Å². The molecule has 4 nitrogen and oxygen atoms in total. The smallest absolute Gasteiger partial charge is 0.147 e. The molecule has 1 atom stereocenters. The Morgan fingerprint density at radius 3 is 2.67 bits per heavy atom. The SMILES string of the molecule is CCNCC1(CCS(C)(=O)=O)CCOC1. The molecule has 0 aromatic carbocycles. The van der Waals surface area contributed by atoms with Crippen LogP contribution in [-0.4, -0.2) is 46.7 Å². The molecule has 5 heteroatoms. The van der Waals surface area contributed by atoms with E-state index < -0.39 is 9.84 Å². The van der Waals surface area contributed by atoms with E-state index >= 15 is 0 Å². The van der Waals surface area contributed by atoms with Crippen LogP contribution < -0.4 is 5.32 Å². The van der Waals surface area contributed by atoms with E-state index in [0.29, 0.717) is 13.0 Å². The largest absolute Gasteiger partial charge is 0.381 e. The first-order valence-corrected chi connectivity index (χ1v) is 7.50. The van der Waals surface area contributed by atoms with Crippen LogP contribution >= 0.6 is 0 Å². The quantitative estimate of drug-likeness (QED) is 0.726. The molecule has 0 saturated carbocycles. The maximum Gasteiger partial charge on any atom is 0.147 e. The predicted molar refractivity (Wildman–Crippen MR) is 60.7 cm³/mol. The molecule has 1 saturated heterocycles. The highest BCUT2D eigenvalue weighted by molar-refractivity contribution is 7.90. The van der Waals surface area contributed by atoms with Crippen LogP contribution in [0.3, 0.4) is 0 Å². The molecule has 15 heavy (non-hydrogen) atoms. The first-order valence-electron chi connectivity index (χ1n) is 5.44. The van der Waals surface area contributed by atoms with E-state index in [2.05, 4.69) is 12.2 Å². The molecule has 90 valence electrons. The minimum Gasteiger partial charge on any atom is -0.381 e. The van der Waals surface area contributed by atoms with E-state index in [4.69, 9.17) is 4.74 Å². The first-order chi connectivity index (χ1) is 6.97. The third-order valence-corrected chi connectivity index (χ3v) is 3.88. The van der Waals surface area contributed by atoms with Gasteiger partial charge in [0.15, 0.2) is 0 Å². The summed E-state index contributed by atoms with van der Waals surface area (Å²) in [7, 11) is -2.86. The van der Waals surface area contributed by atoms with Gasteiger partial charge in [-0.2, -0.15) is 0 Å². The third kappa shape index (κ3) is 4.49. The fourth-order valence-corrected chi connectivity index (χ4v) is 2.67. The summed E-state index contributed by atoms with van der Waals surface area (Å²) in [6, 6.07) is 0. The Kier molecular flexibility index (Phi) is 4.55. The molecule has 0 bridgehead atoms. The fourth-order valence-electron chi connectivity index (χ4n) is 1.87. The zero-order chi connectivity index (χ0) is 11.4. The van der Waals surface area contributed by atoms with Crippen LogP contribution in [0.2, 0.25) is 0 Å². The molecule has 1 unspecified atom stereocenters. The molecule has 1 aliphatic heterocycles. The van der Waals surface area contributed by atoms with Gasteiger partial charge in [-0.15, -0.1) is 0 Å². The van der Waals surface area contributed by atoms with Crippen molar-refractivity contribution >= 4 is 9.84 Å². The summed E-state index contributed by atoms with van der Waals surface area (Å²) in [5, 5.41) is 3.29. The minimum atomic E-state index is -2.86. The van der Waals surface area contributed by atoms with E-state index in [1.165, 1.54) is 6.26 Å². The van der Waals surface area contributed by atoms with Crippen LogP contribution in [0, 0.1) is 5.41 Å². The van der Waals surface area contributed by atoms with Crippen molar-refractivity contribution in [3.8, 4) is 0 Å². The molecule has 0 aromatic rings. The van der Waals surface area contributed by atoms with Crippen molar-refractivity contribution < 1.29 is 13.2 Å². The zero-order valence-corrected chi connectivity index (χ0v) is 10.4. The highest BCUT2D eigenvalue weighted by atomic mass is 32.2. The fraction of sp³-hybridized carbons (Fsp3) is 1.00. The van der Waals surface area contributed by atoms with Crippen molar-refractivity contribution in [2.75, 3.05) is 38.3 Å². The van der Waals surface area contributed by atoms with Gasteiger partial charge in [0.25, 0.3) is 0 Å². The number of hydrogen-bond donors (Lipinski definition) is 1. The molecule has 0 aromatic heterocycles. The third-order valence-electron chi connectivity index (χ3n) is 2.94. The van der Waals surface area contributed by atoms with E-state index in [1.54, 1.807) is 0 Å². The lowest BCUT2D eigenvalue weighted by Crippen LogP contribution is -2.36. The summed E-state index contributed by atoms with van der Waals surface area (Å²) in [5.74, 6) is 0.266. The van der Waals surface area contributed by atoms with Gasteiger partial charge in [0.05, 0.1) is 12.4 Å². The molecule has 1 N–H and O–H groups in total. The van der Waals surface area contributed by atoms with E-state index in [9.17, 15) is 8.42 Å². The molecule has 1 rings (SSSR count). The lowest BCUT2D eigenvalue weighted by atomic mass is 9.84. The van der Waals surface area contributed by atoms with Gasteiger partial charge in [-0.05, 0) is 19.4 Å². The monoisotopic (exact) mass is 235 g/mol.